The summed E-state index contributed by atoms with van der Waals surface area (Å²) in [5.74, 6) is -0.0606. The lowest BCUT2D eigenvalue weighted by molar-refractivity contribution is -0.117. The summed E-state index contributed by atoms with van der Waals surface area (Å²) in [7, 11) is 3.35. The van der Waals surface area contributed by atoms with Gasteiger partial charge in [0.2, 0.25) is 5.91 Å². The minimum atomic E-state index is -0.422. The summed E-state index contributed by atoms with van der Waals surface area (Å²) in [6.45, 7) is 4.12. The maximum Gasteiger partial charge on any atom is 0.262 e. The second-order valence-electron chi connectivity index (χ2n) is 6.88. The molecule has 0 N–H and O–H groups in total. The first-order valence-electron chi connectivity index (χ1n) is 9.43. The number of benzene rings is 2. The first kappa shape index (κ1) is 21.1. The molecular formula is C22H25N3O3S. The second kappa shape index (κ2) is 9.24. The van der Waals surface area contributed by atoms with Gasteiger partial charge in [-0.05, 0) is 38.1 Å². The third-order valence-corrected chi connectivity index (χ3v) is 5.78. The maximum absolute atomic E-state index is 13.1. The molecule has 0 saturated carbocycles. The van der Waals surface area contributed by atoms with E-state index in [-0.39, 0.29) is 17.5 Å². The standard InChI is InChI=1S/C22H25N3O3S/c1-15(14-28-4)25-21(27)18-12-8-9-13-19(18)23-22(25)29-16(2)20(26)24(3)17-10-6-5-7-11-17/h5-13,15-16H,14H2,1-4H3/t15-,16+/m0/s1. The van der Waals surface area contributed by atoms with E-state index in [1.165, 1.54) is 11.8 Å². The van der Waals surface area contributed by atoms with Crippen LogP contribution in [-0.4, -0.2) is 41.5 Å². The van der Waals surface area contributed by atoms with E-state index in [0.29, 0.717) is 22.7 Å². The van der Waals surface area contributed by atoms with Crippen molar-refractivity contribution in [2.75, 3.05) is 25.7 Å². The number of fused-ring (bicyclic) bond motifs is 1. The van der Waals surface area contributed by atoms with Gasteiger partial charge in [-0.3, -0.25) is 14.2 Å². The third kappa shape index (κ3) is 4.52. The van der Waals surface area contributed by atoms with E-state index in [4.69, 9.17) is 9.72 Å². The fourth-order valence-electron chi connectivity index (χ4n) is 3.17. The number of methoxy groups -OCH3 is 1. The molecule has 3 aromatic rings. The molecule has 1 amide bonds. The highest BCUT2D eigenvalue weighted by Crippen LogP contribution is 2.27. The molecule has 2 atom stereocenters. The molecule has 152 valence electrons. The van der Waals surface area contributed by atoms with E-state index in [2.05, 4.69) is 0 Å². The highest BCUT2D eigenvalue weighted by Gasteiger charge is 2.24. The largest absolute Gasteiger partial charge is 0.383 e. The Morgan fingerprint density at radius 2 is 1.79 bits per heavy atom. The lowest BCUT2D eigenvalue weighted by Crippen LogP contribution is -2.34. The van der Waals surface area contributed by atoms with Crippen LogP contribution >= 0.6 is 11.8 Å². The summed E-state index contributed by atoms with van der Waals surface area (Å²) in [5, 5.41) is 0.648. The Bertz CT molecular complexity index is 1050. The van der Waals surface area contributed by atoms with Gasteiger partial charge in [0.15, 0.2) is 5.16 Å². The summed E-state index contributed by atoms with van der Waals surface area (Å²) in [6, 6.07) is 16.5. The first-order valence-corrected chi connectivity index (χ1v) is 10.3. The van der Waals surface area contributed by atoms with E-state index >= 15 is 0 Å². The molecule has 1 aromatic heterocycles. The molecule has 7 heteroatoms. The normalized spacial score (nSPS) is 13.2. The van der Waals surface area contributed by atoms with Crippen molar-refractivity contribution in [1.82, 2.24) is 9.55 Å². The molecule has 0 aliphatic heterocycles. The minimum absolute atomic E-state index is 0.0606. The number of para-hydroxylation sites is 2. The number of nitrogens with zero attached hydrogens (tertiary/aromatic N) is 3. The van der Waals surface area contributed by atoms with Crippen molar-refractivity contribution in [1.29, 1.82) is 0 Å². The van der Waals surface area contributed by atoms with Gasteiger partial charge in [-0.15, -0.1) is 0 Å². The Morgan fingerprint density at radius 3 is 2.48 bits per heavy atom. The Morgan fingerprint density at radius 1 is 1.14 bits per heavy atom. The van der Waals surface area contributed by atoms with Gasteiger partial charge in [0.1, 0.15) is 0 Å². The van der Waals surface area contributed by atoms with E-state index < -0.39 is 5.25 Å². The van der Waals surface area contributed by atoms with Crippen LogP contribution in [0.3, 0.4) is 0 Å². The molecule has 0 aliphatic carbocycles. The van der Waals surface area contributed by atoms with Gasteiger partial charge in [0, 0.05) is 19.8 Å². The van der Waals surface area contributed by atoms with Crippen molar-refractivity contribution in [3.05, 3.63) is 65.0 Å². The van der Waals surface area contributed by atoms with Crippen molar-refractivity contribution in [2.24, 2.45) is 0 Å². The van der Waals surface area contributed by atoms with Crippen molar-refractivity contribution < 1.29 is 9.53 Å². The van der Waals surface area contributed by atoms with Gasteiger partial charge >= 0.3 is 0 Å². The summed E-state index contributed by atoms with van der Waals surface area (Å²) in [4.78, 5) is 32.4. The van der Waals surface area contributed by atoms with Crippen LogP contribution in [0, 0.1) is 0 Å². The molecule has 0 spiro atoms. The highest BCUT2D eigenvalue weighted by molar-refractivity contribution is 8.00. The second-order valence-corrected chi connectivity index (χ2v) is 8.19. The smallest absolute Gasteiger partial charge is 0.262 e. The fraction of sp³-hybridized carbons (Fsp3) is 0.318. The zero-order valence-electron chi connectivity index (χ0n) is 17.0. The molecular weight excluding hydrogens is 386 g/mol. The number of carbonyl (C=O) groups is 1. The van der Waals surface area contributed by atoms with Gasteiger partial charge < -0.3 is 9.64 Å². The quantitative estimate of drug-likeness (QED) is 0.438. The van der Waals surface area contributed by atoms with Crippen LogP contribution in [-0.2, 0) is 9.53 Å². The Labute approximate surface area is 174 Å². The maximum atomic E-state index is 13.1. The Hall–Kier alpha value is -2.64. The van der Waals surface area contributed by atoms with Crippen molar-refractivity contribution in [3.63, 3.8) is 0 Å². The van der Waals surface area contributed by atoms with Crippen LogP contribution in [0.2, 0.25) is 0 Å². The number of aromatic nitrogens is 2. The molecule has 0 saturated heterocycles. The molecule has 3 rings (SSSR count). The van der Waals surface area contributed by atoms with Gasteiger partial charge in [-0.2, -0.15) is 0 Å². The predicted octanol–water partition coefficient (Wildman–Crippen LogP) is 3.75. The monoisotopic (exact) mass is 411 g/mol. The van der Waals surface area contributed by atoms with Crippen molar-refractivity contribution in [2.45, 2.75) is 30.3 Å². The number of hydrogen-bond acceptors (Lipinski definition) is 5. The zero-order valence-corrected chi connectivity index (χ0v) is 17.8. The van der Waals surface area contributed by atoms with Crippen LogP contribution < -0.4 is 10.5 Å². The topological polar surface area (TPSA) is 64.4 Å². The fourth-order valence-corrected chi connectivity index (χ4v) is 4.28. The highest BCUT2D eigenvalue weighted by atomic mass is 32.2. The van der Waals surface area contributed by atoms with Gasteiger partial charge in [0.05, 0.1) is 28.8 Å². The lowest BCUT2D eigenvalue weighted by atomic mass is 10.2. The first-order chi connectivity index (χ1) is 13.9. The summed E-state index contributed by atoms with van der Waals surface area (Å²) >= 11 is 1.29. The molecule has 1 heterocycles. The Balaban J connectivity index is 1.96. The Kier molecular flexibility index (Phi) is 6.71. The van der Waals surface area contributed by atoms with E-state index in [9.17, 15) is 9.59 Å². The summed E-state index contributed by atoms with van der Waals surface area (Å²) in [6.07, 6.45) is 0. The molecule has 6 nitrogen and oxygen atoms in total. The molecule has 0 fully saturated rings. The third-order valence-electron chi connectivity index (χ3n) is 4.73. The van der Waals surface area contributed by atoms with Gasteiger partial charge in [-0.25, -0.2) is 4.98 Å². The number of ether oxygens (including phenoxy) is 1. The summed E-state index contributed by atoms with van der Waals surface area (Å²) < 4.78 is 6.88. The SMILES string of the molecule is COC[C@H](C)n1c(S[C@H](C)C(=O)N(C)c2ccccc2)nc2ccccc2c1=O. The van der Waals surface area contributed by atoms with Crippen molar-refractivity contribution >= 4 is 34.3 Å². The van der Waals surface area contributed by atoms with Crippen LogP contribution in [0.25, 0.3) is 10.9 Å². The van der Waals surface area contributed by atoms with E-state index in [0.717, 1.165) is 5.69 Å². The minimum Gasteiger partial charge on any atom is -0.383 e. The van der Waals surface area contributed by atoms with Crippen LogP contribution in [0.5, 0.6) is 0 Å². The van der Waals surface area contributed by atoms with Crippen LogP contribution in [0.1, 0.15) is 19.9 Å². The molecule has 0 radical (unpaired) electrons. The number of rotatable bonds is 7. The predicted molar refractivity (Wildman–Crippen MR) is 118 cm³/mol. The average molecular weight is 412 g/mol. The zero-order chi connectivity index (χ0) is 21.0. The van der Waals surface area contributed by atoms with Gasteiger partial charge in [-0.1, -0.05) is 42.1 Å². The van der Waals surface area contributed by atoms with E-state index in [1.807, 2.05) is 62.4 Å². The van der Waals surface area contributed by atoms with Gasteiger partial charge in [0.25, 0.3) is 5.56 Å². The lowest BCUT2D eigenvalue weighted by Gasteiger charge is -2.23. The molecule has 2 aromatic carbocycles. The molecule has 0 aliphatic rings. The number of hydrogen-bond donors (Lipinski definition) is 0. The molecule has 0 unspecified atom stereocenters. The number of anilines is 1. The number of carbonyl (C=O) groups excluding carboxylic acids is 1. The van der Waals surface area contributed by atoms with Crippen LogP contribution in [0.15, 0.2) is 64.5 Å². The van der Waals surface area contributed by atoms with Crippen LogP contribution in [0.4, 0.5) is 5.69 Å². The number of amides is 1. The molecule has 0 bridgehead atoms. The average Bonchev–Trinajstić information content (AvgIpc) is 2.73. The number of thioether (sulfide) groups is 1. The van der Waals surface area contributed by atoms with Crippen molar-refractivity contribution in [3.8, 4) is 0 Å². The van der Waals surface area contributed by atoms with E-state index in [1.54, 1.807) is 29.7 Å². The summed E-state index contributed by atoms with van der Waals surface area (Å²) in [5.41, 5.74) is 1.32. The molecule has 29 heavy (non-hydrogen) atoms.